The SMILES string of the molecule is CCCCCCCCCCCCCCCCCCCN1C=CN(C)C1CCCCCCCCCCC. The largest absolute Gasteiger partial charge is 0.359 e. The third-order valence-corrected chi connectivity index (χ3v) is 8.43. The molecule has 2 nitrogen and oxygen atoms in total. The van der Waals surface area contributed by atoms with E-state index in [1.807, 2.05) is 0 Å². The highest BCUT2D eigenvalue weighted by Crippen LogP contribution is 2.22. The molecule has 0 aromatic carbocycles. The van der Waals surface area contributed by atoms with E-state index in [1.54, 1.807) is 0 Å². The lowest BCUT2D eigenvalue weighted by Crippen LogP contribution is -2.37. The van der Waals surface area contributed by atoms with Crippen LogP contribution in [-0.2, 0) is 0 Å². The van der Waals surface area contributed by atoms with Crippen molar-refractivity contribution in [3.8, 4) is 0 Å². The lowest BCUT2D eigenvalue weighted by Gasteiger charge is -2.30. The maximum absolute atomic E-state index is 2.62. The molecule has 0 bridgehead atoms. The second kappa shape index (κ2) is 26.0. The van der Waals surface area contributed by atoms with Gasteiger partial charge in [-0.25, -0.2) is 0 Å². The number of nitrogens with zero attached hydrogens (tertiary/aromatic N) is 2. The Morgan fingerprint density at radius 3 is 1.14 bits per heavy atom. The van der Waals surface area contributed by atoms with Crippen LogP contribution < -0.4 is 0 Å². The standard InChI is InChI=1S/C34H68N2/c1-4-6-8-10-12-14-15-16-17-18-19-20-21-23-25-27-29-31-36-33-32-35(3)34(36)30-28-26-24-22-13-11-9-7-5-2/h32-34H,4-31H2,1-3H3. The molecular formula is C34H68N2. The van der Waals surface area contributed by atoms with Crippen molar-refractivity contribution >= 4 is 0 Å². The number of rotatable bonds is 28. The van der Waals surface area contributed by atoms with Crippen LogP contribution in [0.1, 0.15) is 187 Å². The fourth-order valence-electron chi connectivity index (χ4n) is 5.87. The molecule has 1 atom stereocenters. The van der Waals surface area contributed by atoms with Gasteiger partial charge in [0.1, 0.15) is 6.17 Å². The smallest absolute Gasteiger partial charge is 0.100 e. The fourth-order valence-corrected chi connectivity index (χ4v) is 5.87. The Hall–Kier alpha value is -0.660. The van der Waals surface area contributed by atoms with Crippen LogP contribution in [0.15, 0.2) is 12.4 Å². The molecule has 0 amide bonds. The predicted octanol–water partition coefficient (Wildman–Crippen LogP) is 11.6. The molecule has 214 valence electrons. The Bertz CT molecular complexity index is 460. The average Bonchev–Trinajstić information content (AvgIpc) is 3.23. The van der Waals surface area contributed by atoms with Crippen molar-refractivity contribution in [3.05, 3.63) is 12.4 Å². The second-order valence-electron chi connectivity index (χ2n) is 12.0. The number of unbranched alkanes of at least 4 members (excludes halogenated alkanes) is 24. The number of hydrogen-bond donors (Lipinski definition) is 0. The Morgan fingerprint density at radius 1 is 0.417 bits per heavy atom. The molecule has 0 saturated carbocycles. The van der Waals surface area contributed by atoms with Gasteiger partial charge in [-0.2, -0.15) is 0 Å². The molecule has 0 aromatic rings. The van der Waals surface area contributed by atoms with Crippen LogP contribution in [0.4, 0.5) is 0 Å². The minimum Gasteiger partial charge on any atom is -0.359 e. The molecule has 0 radical (unpaired) electrons. The molecule has 0 saturated heterocycles. The van der Waals surface area contributed by atoms with Gasteiger partial charge in [-0.05, 0) is 19.3 Å². The van der Waals surface area contributed by atoms with Gasteiger partial charge >= 0.3 is 0 Å². The summed E-state index contributed by atoms with van der Waals surface area (Å²) in [5, 5.41) is 0. The molecule has 0 aliphatic carbocycles. The summed E-state index contributed by atoms with van der Waals surface area (Å²) < 4.78 is 0. The molecule has 1 heterocycles. The highest BCUT2D eigenvalue weighted by atomic mass is 15.4. The van der Waals surface area contributed by atoms with Crippen molar-refractivity contribution < 1.29 is 0 Å². The Balaban J connectivity index is 1.86. The molecule has 2 heteroatoms. The van der Waals surface area contributed by atoms with Crippen LogP contribution >= 0.6 is 0 Å². The molecule has 1 aliphatic heterocycles. The van der Waals surface area contributed by atoms with Crippen molar-refractivity contribution in [2.45, 2.75) is 193 Å². The third kappa shape index (κ3) is 19.5. The third-order valence-electron chi connectivity index (χ3n) is 8.43. The molecule has 36 heavy (non-hydrogen) atoms. The monoisotopic (exact) mass is 505 g/mol. The lowest BCUT2D eigenvalue weighted by molar-refractivity contribution is 0.159. The van der Waals surface area contributed by atoms with Crippen molar-refractivity contribution in [2.75, 3.05) is 13.6 Å². The maximum Gasteiger partial charge on any atom is 0.100 e. The summed E-state index contributed by atoms with van der Waals surface area (Å²) in [7, 11) is 2.27. The van der Waals surface area contributed by atoms with Gasteiger partial charge in [0.25, 0.3) is 0 Å². The normalized spacial score (nSPS) is 15.5. The molecule has 0 N–H and O–H groups in total. The quantitative estimate of drug-likeness (QED) is 0.0977. The van der Waals surface area contributed by atoms with Gasteiger partial charge in [0.2, 0.25) is 0 Å². The van der Waals surface area contributed by atoms with Crippen molar-refractivity contribution in [3.63, 3.8) is 0 Å². The van der Waals surface area contributed by atoms with Gasteiger partial charge in [-0.3, -0.25) is 0 Å². The summed E-state index contributed by atoms with van der Waals surface area (Å²) in [6.45, 7) is 5.86. The lowest BCUT2D eigenvalue weighted by atomic mass is 10.0. The molecule has 1 aliphatic rings. The van der Waals surface area contributed by atoms with E-state index in [0.29, 0.717) is 6.17 Å². The molecular weight excluding hydrogens is 436 g/mol. The predicted molar refractivity (Wildman–Crippen MR) is 163 cm³/mol. The highest BCUT2D eigenvalue weighted by molar-refractivity contribution is 4.95. The zero-order chi connectivity index (χ0) is 25.9. The Morgan fingerprint density at radius 2 is 0.750 bits per heavy atom. The van der Waals surface area contributed by atoms with Crippen molar-refractivity contribution in [1.82, 2.24) is 9.80 Å². The molecule has 0 spiro atoms. The van der Waals surface area contributed by atoms with Crippen LogP contribution in [0.2, 0.25) is 0 Å². The van der Waals surface area contributed by atoms with E-state index in [2.05, 4.69) is 43.1 Å². The Labute approximate surface area is 229 Å². The molecule has 0 fully saturated rings. The summed E-state index contributed by atoms with van der Waals surface area (Å²) in [4.78, 5) is 5.06. The molecule has 1 rings (SSSR count). The zero-order valence-corrected chi connectivity index (χ0v) is 25.4. The summed E-state index contributed by atoms with van der Waals surface area (Å²) in [5.41, 5.74) is 0. The van der Waals surface area contributed by atoms with E-state index in [-0.39, 0.29) is 0 Å². The first-order valence-electron chi connectivity index (χ1n) is 17.0. The van der Waals surface area contributed by atoms with Crippen LogP contribution in [0, 0.1) is 0 Å². The zero-order valence-electron chi connectivity index (χ0n) is 25.4. The summed E-state index contributed by atoms with van der Waals surface area (Å²) in [5.74, 6) is 0. The van der Waals surface area contributed by atoms with Gasteiger partial charge in [0.05, 0.1) is 0 Å². The van der Waals surface area contributed by atoms with E-state index in [0.717, 1.165) is 0 Å². The van der Waals surface area contributed by atoms with Gasteiger partial charge < -0.3 is 9.80 Å². The maximum atomic E-state index is 2.62. The highest BCUT2D eigenvalue weighted by Gasteiger charge is 2.22. The first-order valence-corrected chi connectivity index (χ1v) is 17.0. The van der Waals surface area contributed by atoms with Crippen LogP contribution in [0.5, 0.6) is 0 Å². The first-order chi connectivity index (χ1) is 17.8. The fraction of sp³-hybridized carbons (Fsp3) is 0.941. The van der Waals surface area contributed by atoms with Gasteiger partial charge in [0.15, 0.2) is 0 Å². The van der Waals surface area contributed by atoms with E-state index in [1.165, 1.54) is 180 Å². The minimum atomic E-state index is 0.621. The van der Waals surface area contributed by atoms with E-state index < -0.39 is 0 Å². The van der Waals surface area contributed by atoms with E-state index in [9.17, 15) is 0 Å². The van der Waals surface area contributed by atoms with Gasteiger partial charge in [0, 0.05) is 26.0 Å². The van der Waals surface area contributed by atoms with E-state index in [4.69, 9.17) is 0 Å². The Kier molecular flexibility index (Phi) is 24.1. The average molecular weight is 505 g/mol. The molecule has 1 unspecified atom stereocenters. The van der Waals surface area contributed by atoms with Crippen LogP contribution in [-0.4, -0.2) is 29.6 Å². The van der Waals surface area contributed by atoms with Crippen molar-refractivity contribution in [2.24, 2.45) is 0 Å². The molecule has 0 aromatic heterocycles. The van der Waals surface area contributed by atoms with Crippen molar-refractivity contribution in [1.29, 1.82) is 0 Å². The van der Waals surface area contributed by atoms with Crippen LogP contribution in [0.25, 0.3) is 0 Å². The van der Waals surface area contributed by atoms with Gasteiger partial charge in [-0.15, -0.1) is 0 Å². The van der Waals surface area contributed by atoms with Crippen LogP contribution in [0.3, 0.4) is 0 Å². The number of hydrogen-bond acceptors (Lipinski definition) is 2. The summed E-state index contributed by atoms with van der Waals surface area (Å²) in [6, 6.07) is 0. The summed E-state index contributed by atoms with van der Waals surface area (Å²) in [6.07, 6.45) is 44.1. The second-order valence-corrected chi connectivity index (χ2v) is 12.0. The first kappa shape index (κ1) is 33.4. The topological polar surface area (TPSA) is 6.48 Å². The summed E-state index contributed by atoms with van der Waals surface area (Å²) >= 11 is 0. The van der Waals surface area contributed by atoms with E-state index >= 15 is 0 Å². The van der Waals surface area contributed by atoms with Gasteiger partial charge in [-0.1, -0.05) is 168 Å². The minimum absolute atomic E-state index is 0.621.